The van der Waals surface area contributed by atoms with Crippen molar-refractivity contribution in [2.24, 2.45) is 23.2 Å². The van der Waals surface area contributed by atoms with E-state index in [1.807, 2.05) is 12.1 Å². The number of fused-ring (bicyclic) bond motifs is 2. The number of carbonyl (C=O) groups excluding carboxylic acids is 1. The second-order valence-electron chi connectivity index (χ2n) is 10.5. The van der Waals surface area contributed by atoms with Crippen LogP contribution in [0.25, 0.3) is 0 Å². The van der Waals surface area contributed by atoms with Gasteiger partial charge >= 0.3 is 5.97 Å². The van der Waals surface area contributed by atoms with Crippen LogP contribution in [0.2, 0.25) is 0 Å². The van der Waals surface area contributed by atoms with Crippen molar-refractivity contribution in [1.29, 1.82) is 0 Å². The molecule has 7 heteroatoms. The van der Waals surface area contributed by atoms with Crippen LogP contribution in [-0.2, 0) is 9.53 Å². The van der Waals surface area contributed by atoms with Gasteiger partial charge in [0.2, 0.25) is 0 Å². The Bertz CT molecular complexity index is 864. The topological polar surface area (TPSA) is 80.5 Å². The molecule has 0 amide bonds. The molecule has 2 N–H and O–H groups in total. The third-order valence-electron chi connectivity index (χ3n) is 8.63. The Morgan fingerprint density at radius 1 is 1.25 bits per heavy atom. The Morgan fingerprint density at radius 3 is 2.66 bits per heavy atom. The van der Waals surface area contributed by atoms with E-state index in [9.17, 15) is 10.0 Å². The number of hydrogen-bond acceptors (Lipinski definition) is 6. The fourth-order valence-corrected chi connectivity index (χ4v) is 6.75. The zero-order chi connectivity index (χ0) is 22.5. The van der Waals surface area contributed by atoms with Gasteiger partial charge in [0.05, 0.1) is 5.92 Å². The summed E-state index contributed by atoms with van der Waals surface area (Å²) in [7, 11) is 0. The van der Waals surface area contributed by atoms with Crippen LogP contribution in [-0.4, -0.2) is 54.9 Å². The normalized spacial score (nSPS) is 36.4. The molecule has 2 saturated heterocycles. The molecule has 5 rings (SSSR count). The van der Waals surface area contributed by atoms with Crippen LogP contribution in [0, 0.1) is 28.4 Å². The first-order valence-electron chi connectivity index (χ1n) is 12.0. The lowest BCUT2D eigenvalue weighted by atomic mass is 9.55. The van der Waals surface area contributed by atoms with Crippen LogP contribution in [0.1, 0.15) is 39.0 Å². The van der Waals surface area contributed by atoms with Crippen molar-refractivity contribution < 1.29 is 20.0 Å². The number of esters is 1. The van der Waals surface area contributed by atoms with E-state index in [-0.39, 0.29) is 23.4 Å². The predicted octanol–water partition coefficient (Wildman–Crippen LogP) is 2.53. The van der Waals surface area contributed by atoms with Crippen molar-refractivity contribution in [3.63, 3.8) is 0 Å². The number of hydrogen-bond donors (Lipinski definition) is 2. The van der Waals surface area contributed by atoms with Gasteiger partial charge in [0, 0.05) is 56.5 Å². The summed E-state index contributed by atoms with van der Waals surface area (Å²) in [5, 5.41) is 19.3. The van der Waals surface area contributed by atoms with Gasteiger partial charge in [0.15, 0.2) is 5.69 Å². The number of quaternary nitrogens is 1. The summed E-state index contributed by atoms with van der Waals surface area (Å²) in [6, 6.07) is 7.09. The molecule has 2 saturated carbocycles. The SMILES string of the molecule is C=C1CCC[C@]2(C)C[C@H]3OC(=O)[C@@H](CN4CCN(c5ccc([NH+]([O-])O)cc5)CC4)[C@@H]3C[C@@H]12. The lowest BCUT2D eigenvalue weighted by Crippen LogP contribution is -2.99. The van der Waals surface area contributed by atoms with Crippen molar-refractivity contribution in [1.82, 2.24) is 4.90 Å². The zero-order valence-electron chi connectivity index (χ0n) is 19.0. The minimum atomic E-state index is -0.900. The number of rotatable bonds is 4. The van der Waals surface area contributed by atoms with Crippen LogP contribution >= 0.6 is 0 Å². The van der Waals surface area contributed by atoms with E-state index in [4.69, 9.17) is 9.94 Å². The summed E-state index contributed by atoms with van der Waals surface area (Å²) in [5.41, 5.74) is 2.99. The molecule has 1 aromatic carbocycles. The zero-order valence-corrected chi connectivity index (χ0v) is 19.0. The number of anilines is 1. The molecular formula is C25H35N3O4. The van der Waals surface area contributed by atoms with Gasteiger partial charge < -0.3 is 14.8 Å². The maximum absolute atomic E-state index is 12.8. The summed E-state index contributed by atoms with van der Waals surface area (Å²) in [4.78, 5) is 17.5. The Labute approximate surface area is 190 Å². The van der Waals surface area contributed by atoms with Crippen LogP contribution in [0.5, 0.6) is 0 Å². The minimum absolute atomic E-state index is 0.000418. The third-order valence-corrected chi connectivity index (χ3v) is 8.63. The summed E-state index contributed by atoms with van der Waals surface area (Å²) in [6.45, 7) is 11.1. The fraction of sp³-hybridized carbons (Fsp3) is 0.640. The Hall–Kier alpha value is -1.93. The third kappa shape index (κ3) is 3.96. The van der Waals surface area contributed by atoms with Gasteiger partial charge in [0.25, 0.3) is 0 Å². The van der Waals surface area contributed by atoms with E-state index in [0.717, 1.165) is 57.7 Å². The second kappa shape index (κ2) is 8.45. The molecule has 4 fully saturated rings. The molecule has 2 aliphatic heterocycles. The standard InChI is InChI=1S/C25H35N3O4/c1-17-4-3-9-25(2)15-23-20(14-22(17)25)21(24(29)32-23)16-26-10-12-27(13-11-26)18-5-7-19(8-6-18)28(30)31/h5-8,20-23,28,30H,1,3-4,9-16H2,2H3/t20-,21-,22-,23+,25+/m0/s1. The van der Waals surface area contributed by atoms with E-state index in [1.54, 1.807) is 12.1 Å². The first-order valence-corrected chi connectivity index (χ1v) is 12.0. The quantitative estimate of drug-likeness (QED) is 0.425. The lowest BCUT2D eigenvalue weighted by Gasteiger charge is -2.50. The van der Waals surface area contributed by atoms with E-state index < -0.39 is 5.23 Å². The maximum Gasteiger partial charge on any atom is 0.310 e. The number of benzene rings is 1. The summed E-state index contributed by atoms with van der Waals surface area (Å²) >= 11 is 0. The van der Waals surface area contributed by atoms with Gasteiger partial charge in [-0.1, -0.05) is 19.1 Å². The van der Waals surface area contributed by atoms with Crippen LogP contribution < -0.4 is 10.1 Å². The highest BCUT2D eigenvalue weighted by Crippen LogP contribution is 2.56. The highest BCUT2D eigenvalue weighted by atomic mass is 16.8. The molecular weight excluding hydrogens is 406 g/mol. The second-order valence-corrected chi connectivity index (χ2v) is 10.5. The van der Waals surface area contributed by atoms with Crippen LogP contribution in [0.4, 0.5) is 11.4 Å². The average molecular weight is 442 g/mol. The van der Waals surface area contributed by atoms with Crippen molar-refractivity contribution in [2.75, 3.05) is 37.6 Å². The van der Waals surface area contributed by atoms with Gasteiger partial charge in [-0.3, -0.25) is 9.69 Å². The van der Waals surface area contributed by atoms with E-state index in [1.165, 1.54) is 18.4 Å². The Balaban J connectivity index is 1.20. The molecule has 0 radical (unpaired) electrons. The van der Waals surface area contributed by atoms with Gasteiger partial charge in [-0.2, -0.15) is 5.23 Å². The highest BCUT2D eigenvalue weighted by Gasteiger charge is 2.55. The molecule has 32 heavy (non-hydrogen) atoms. The van der Waals surface area contributed by atoms with E-state index in [2.05, 4.69) is 23.3 Å². The number of nitrogens with zero attached hydrogens (tertiary/aromatic N) is 2. The summed E-state index contributed by atoms with van der Waals surface area (Å²) in [5.74, 6) is 0.817. The monoisotopic (exact) mass is 441 g/mol. The van der Waals surface area contributed by atoms with Crippen molar-refractivity contribution in [3.05, 3.63) is 41.6 Å². The van der Waals surface area contributed by atoms with Crippen LogP contribution in [0.3, 0.4) is 0 Å². The van der Waals surface area contributed by atoms with Gasteiger partial charge in [-0.25, -0.2) is 5.21 Å². The Kier molecular flexibility index (Phi) is 5.78. The molecule has 4 aliphatic rings. The number of piperazine rings is 1. The molecule has 1 aromatic rings. The van der Waals surface area contributed by atoms with Gasteiger partial charge in [-0.05, 0) is 55.6 Å². The molecule has 1 unspecified atom stereocenters. The molecule has 0 bridgehead atoms. The number of ether oxygens (including phenoxy) is 1. The average Bonchev–Trinajstić information content (AvgIpc) is 3.06. The summed E-state index contributed by atoms with van der Waals surface area (Å²) in [6.07, 6.45) is 5.68. The maximum atomic E-state index is 12.8. The molecule has 7 nitrogen and oxygen atoms in total. The predicted molar refractivity (Wildman–Crippen MR) is 122 cm³/mol. The van der Waals surface area contributed by atoms with Crippen LogP contribution in [0.15, 0.2) is 36.4 Å². The molecule has 6 atom stereocenters. The smallest absolute Gasteiger partial charge is 0.310 e. The fourth-order valence-electron chi connectivity index (χ4n) is 6.75. The van der Waals surface area contributed by atoms with E-state index >= 15 is 0 Å². The van der Waals surface area contributed by atoms with E-state index in [0.29, 0.717) is 17.5 Å². The number of nitrogens with one attached hydrogen (secondary N) is 1. The first-order chi connectivity index (χ1) is 15.3. The number of carbonyl (C=O) groups is 1. The van der Waals surface area contributed by atoms with Crippen molar-refractivity contribution in [2.45, 2.75) is 45.1 Å². The van der Waals surface area contributed by atoms with Gasteiger partial charge in [-0.15, -0.1) is 0 Å². The minimum Gasteiger partial charge on any atom is -0.595 e. The highest BCUT2D eigenvalue weighted by molar-refractivity contribution is 5.75. The lowest BCUT2D eigenvalue weighted by molar-refractivity contribution is -0.991. The largest absolute Gasteiger partial charge is 0.595 e. The Morgan fingerprint density at radius 2 is 1.97 bits per heavy atom. The first kappa shape index (κ1) is 21.9. The summed E-state index contributed by atoms with van der Waals surface area (Å²) < 4.78 is 5.94. The van der Waals surface area contributed by atoms with Gasteiger partial charge in [0.1, 0.15) is 6.10 Å². The molecule has 2 heterocycles. The molecule has 0 spiro atoms. The molecule has 2 aliphatic carbocycles. The number of allylic oxidation sites excluding steroid dienone is 1. The van der Waals surface area contributed by atoms with Crippen molar-refractivity contribution in [3.8, 4) is 0 Å². The molecule has 174 valence electrons. The van der Waals surface area contributed by atoms with Crippen molar-refractivity contribution >= 4 is 17.3 Å². The molecule has 0 aromatic heterocycles.